The highest BCUT2D eigenvalue weighted by molar-refractivity contribution is 5.41. The highest BCUT2D eigenvalue weighted by Gasteiger charge is 2.27. The Bertz CT molecular complexity index is 761. The van der Waals surface area contributed by atoms with Gasteiger partial charge in [0.1, 0.15) is 0 Å². The smallest absolute Gasteiger partial charge is 0.269 e. The van der Waals surface area contributed by atoms with Crippen molar-refractivity contribution in [3.05, 3.63) is 75.3 Å². The molecular weight excluding hydrogens is 338 g/mol. The van der Waals surface area contributed by atoms with Gasteiger partial charge in [-0.1, -0.05) is 50.2 Å². The molecule has 5 nitrogen and oxygen atoms in total. The molecule has 1 N–H and O–H groups in total. The molecule has 1 aliphatic rings. The quantitative estimate of drug-likeness (QED) is 0.432. The van der Waals surface area contributed by atoms with Crippen LogP contribution >= 0.6 is 0 Å². The van der Waals surface area contributed by atoms with Gasteiger partial charge in [-0.15, -0.1) is 0 Å². The molecule has 2 aromatic carbocycles. The summed E-state index contributed by atoms with van der Waals surface area (Å²) in [5.74, 6) is 0.607. The average Bonchev–Trinajstić information content (AvgIpc) is 2.65. The van der Waals surface area contributed by atoms with Gasteiger partial charge in [0.25, 0.3) is 5.69 Å². The minimum absolute atomic E-state index is 0.204. The predicted molar refractivity (Wildman–Crippen MR) is 109 cm³/mol. The van der Waals surface area contributed by atoms with E-state index in [-0.39, 0.29) is 10.6 Å². The molecule has 2 aromatic rings. The van der Waals surface area contributed by atoms with Crippen LogP contribution in [0, 0.1) is 16.0 Å². The molecule has 0 radical (unpaired) electrons. The Hall–Kier alpha value is -2.24. The van der Waals surface area contributed by atoms with E-state index in [9.17, 15) is 10.1 Å². The van der Waals surface area contributed by atoms with Crippen LogP contribution in [0.15, 0.2) is 48.5 Å². The van der Waals surface area contributed by atoms with Gasteiger partial charge in [0, 0.05) is 44.4 Å². The number of nitro benzene ring substituents is 1. The zero-order valence-electron chi connectivity index (χ0n) is 16.2. The van der Waals surface area contributed by atoms with E-state index in [1.54, 1.807) is 12.1 Å². The number of non-ortho nitro benzene ring substituents is 1. The summed E-state index contributed by atoms with van der Waals surface area (Å²) in [7, 11) is 0. The van der Waals surface area contributed by atoms with Gasteiger partial charge in [-0.3, -0.25) is 15.0 Å². The number of nitro groups is 1. The minimum Gasteiger partial charge on any atom is -0.311 e. The van der Waals surface area contributed by atoms with Crippen molar-refractivity contribution in [2.24, 2.45) is 5.92 Å². The highest BCUT2D eigenvalue weighted by atomic mass is 16.6. The van der Waals surface area contributed by atoms with Gasteiger partial charge < -0.3 is 5.32 Å². The maximum atomic E-state index is 11.1. The van der Waals surface area contributed by atoms with Crippen LogP contribution in [0.3, 0.4) is 0 Å². The average molecular weight is 367 g/mol. The van der Waals surface area contributed by atoms with Gasteiger partial charge in [0.15, 0.2) is 0 Å². The zero-order chi connectivity index (χ0) is 19.2. The summed E-state index contributed by atoms with van der Waals surface area (Å²) in [6.45, 7) is 8.17. The van der Waals surface area contributed by atoms with Gasteiger partial charge >= 0.3 is 0 Å². The lowest BCUT2D eigenvalue weighted by atomic mass is 9.89. The lowest BCUT2D eigenvalue weighted by Gasteiger charge is -2.38. The van der Waals surface area contributed by atoms with Crippen molar-refractivity contribution < 1.29 is 4.92 Å². The Morgan fingerprint density at radius 2 is 1.96 bits per heavy atom. The normalized spacial score (nSPS) is 17.1. The van der Waals surface area contributed by atoms with Gasteiger partial charge in [-0.05, 0) is 35.4 Å². The number of nitrogens with zero attached hydrogens (tertiary/aromatic N) is 2. The molecule has 144 valence electrons. The van der Waals surface area contributed by atoms with Crippen molar-refractivity contribution >= 4 is 5.69 Å². The number of fused-ring (bicyclic) bond motifs is 1. The molecule has 0 aliphatic carbocycles. The summed E-state index contributed by atoms with van der Waals surface area (Å²) in [4.78, 5) is 13.3. The Kier molecular flexibility index (Phi) is 6.58. The van der Waals surface area contributed by atoms with E-state index in [2.05, 4.69) is 48.3 Å². The maximum Gasteiger partial charge on any atom is 0.269 e. The lowest BCUT2D eigenvalue weighted by molar-refractivity contribution is -0.385. The van der Waals surface area contributed by atoms with Gasteiger partial charge in [0.05, 0.1) is 4.92 Å². The van der Waals surface area contributed by atoms with E-state index in [0.717, 1.165) is 44.6 Å². The molecule has 27 heavy (non-hydrogen) atoms. The number of hydrogen-bond donors (Lipinski definition) is 1. The highest BCUT2D eigenvalue weighted by Crippen LogP contribution is 2.29. The van der Waals surface area contributed by atoms with Crippen molar-refractivity contribution in [1.29, 1.82) is 0 Å². The zero-order valence-corrected chi connectivity index (χ0v) is 16.2. The Morgan fingerprint density at radius 1 is 1.19 bits per heavy atom. The first kappa shape index (κ1) is 19.5. The molecule has 0 spiro atoms. The van der Waals surface area contributed by atoms with Crippen LogP contribution in [0.2, 0.25) is 0 Å². The molecule has 1 heterocycles. The van der Waals surface area contributed by atoms with Crippen LogP contribution in [0.4, 0.5) is 5.69 Å². The Morgan fingerprint density at radius 3 is 2.67 bits per heavy atom. The number of rotatable bonds is 8. The third kappa shape index (κ3) is 5.37. The van der Waals surface area contributed by atoms with E-state index in [4.69, 9.17) is 0 Å². The standard InChI is InChI=1S/C22H29N3O2/c1-17(2)12-22-14-20-13-21(25(26)27)9-8-19(20)16-24(22)11-10-23-15-18-6-4-3-5-7-18/h3-9,13,17,22-23H,10-12,14-16H2,1-2H3. The summed E-state index contributed by atoms with van der Waals surface area (Å²) >= 11 is 0. The summed E-state index contributed by atoms with van der Waals surface area (Å²) in [5.41, 5.74) is 3.87. The van der Waals surface area contributed by atoms with Crippen LogP contribution in [0.1, 0.15) is 37.0 Å². The molecule has 1 unspecified atom stereocenters. The lowest BCUT2D eigenvalue weighted by Crippen LogP contribution is -2.44. The fraction of sp³-hybridized carbons (Fsp3) is 0.455. The van der Waals surface area contributed by atoms with Crippen LogP contribution in [-0.2, 0) is 19.5 Å². The van der Waals surface area contributed by atoms with Crippen LogP contribution < -0.4 is 5.32 Å². The Labute approximate surface area is 161 Å². The predicted octanol–water partition coefficient (Wildman–Crippen LogP) is 4.16. The molecular formula is C22H29N3O2. The second-order valence-electron chi connectivity index (χ2n) is 7.83. The van der Waals surface area contributed by atoms with Crippen molar-refractivity contribution in [2.45, 2.75) is 45.8 Å². The molecule has 1 aliphatic heterocycles. The molecule has 0 saturated heterocycles. The fourth-order valence-electron chi connectivity index (χ4n) is 3.89. The molecule has 3 rings (SSSR count). The molecule has 0 bridgehead atoms. The summed E-state index contributed by atoms with van der Waals surface area (Å²) in [5, 5.41) is 14.6. The number of nitrogens with one attached hydrogen (secondary N) is 1. The molecule has 5 heteroatoms. The first-order valence-electron chi connectivity index (χ1n) is 9.78. The topological polar surface area (TPSA) is 58.4 Å². The first-order valence-corrected chi connectivity index (χ1v) is 9.78. The summed E-state index contributed by atoms with van der Waals surface area (Å²) in [6.07, 6.45) is 2.01. The van der Waals surface area contributed by atoms with E-state index in [1.165, 1.54) is 11.1 Å². The summed E-state index contributed by atoms with van der Waals surface area (Å²) in [6, 6.07) is 16.2. The second kappa shape index (κ2) is 9.11. The van der Waals surface area contributed by atoms with Gasteiger partial charge in [-0.2, -0.15) is 0 Å². The Balaban J connectivity index is 1.62. The van der Waals surface area contributed by atoms with Gasteiger partial charge in [-0.25, -0.2) is 0 Å². The van der Waals surface area contributed by atoms with E-state index in [1.807, 2.05) is 12.1 Å². The minimum atomic E-state index is -0.294. The monoisotopic (exact) mass is 367 g/mol. The maximum absolute atomic E-state index is 11.1. The summed E-state index contributed by atoms with van der Waals surface area (Å²) < 4.78 is 0. The van der Waals surface area contributed by atoms with Crippen molar-refractivity contribution in [1.82, 2.24) is 10.2 Å². The molecule has 0 saturated carbocycles. The third-order valence-corrected chi connectivity index (χ3v) is 5.24. The van der Waals surface area contributed by atoms with Crippen LogP contribution in [0.5, 0.6) is 0 Å². The van der Waals surface area contributed by atoms with Crippen molar-refractivity contribution in [3.8, 4) is 0 Å². The van der Waals surface area contributed by atoms with Gasteiger partial charge in [0.2, 0.25) is 0 Å². The first-order chi connectivity index (χ1) is 13.0. The number of benzene rings is 2. The largest absolute Gasteiger partial charge is 0.311 e. The molecule has 0 fully saturated rings. The molecule has 0 amide bonds. The van der Waals surface area contributed by atoms with Crippen LogP contribution in [-0.4, -0.2) is 29.0 Å². The third-order valence-electron chi connectivity index (χ3n) is 5.24. The van der Waals surface area contributed by atoms with Crippen molar-refractivity contribution in [2.75, 3.05) is 13.1 Å². The SMILES string of the molecule is CC(C)CC1Cc2cc([N+](=O)[O-])ccc2CN1CCNCc1ccccc1. The van der Waals surface area contributed by atoms with E-state index >= 15 is 0 Å². The fourth-order valence-corrected chi connectivity index (χ4v) is 3.89. The number of hydrogen-bond acceptors (Lipinski definition) is 4. The molecule has 0 aromatic heterocycles. The van der Waals surface area contributed by atoms with Crippen LogP contribution in [0.25, 0.3) is 0 Å². The molecule has 1 atom stereocenters. The second-order valence-corrected chi connectivity index (χ2v) is 7.83. The van der Waals surface area contributed by atoms with Crippen molar-refractivity contribution in [3.63, 3.8) is 0 Å². The van der Waals surface area contributed by atoms with E-state index in [0.29, 0.717) is 12.0 Å². The van der Waals surface area contributed by atoms with E-state index < -0.39 is 0 Å².